The zero-order valence-electron chi connectivity index (χ0n) is 14.0. The van der Waals surface area contributed by atoms with Crippen LogP contribution in [-0.2, 0) is 9.59 Å². The topological polar surface area (TPSA) is 110 Å². The van der Waals surface area contributed by atoms with Gasteiger partial charge in [0, 0.05) is 17.5 Å². The van der Waals surface area contributed by atoms with E-state index in [9.17, 15) is 19.2 Å². The predicted octanol–water partition coefficient (Wildman–Crippen LogP) is -0.330. The van der Waals surface area contributed by atoms with Crippen LogP contribution in [0.2, 0.25) is 0 Å². The Hall–Kier alpha value is -2.70. The molecule has 0 bridgehead atoms. The molecule has 2 aliphatic heterocycles. The highest BCUT2D eigenvalue weighted by atomic mass is 16.2. The molecule has 1 aromatic rings. The standard InChI is InChI=1S/C13H11N3O4/c14-7-3-1-2-6-10(7)13(20)16(12(6)19)8-4-5-9(17)15-11(8)18/h1-3,8H,4-5,14H2,(H,15,17,18)/t8-/m1/s1/i4D2,5D2. The van der Waals surface area contributed by atoms with Gasteiger partial charge in [-0.15, -0.1) is 0 Å². The number of carbonyl (C=O) groups excluding carboxylic acids is 4. The molecule has 3 N–H and O–H groups in total. The average Bonchev–Trinajstić information content (AvgIpc) is 2.72. The fourth-order valence-electron chi connectivity index (χ4n) is 2.16. The number of carbonyl (C=O) groups is 4. The van der Waals surface area contributed by atoms with Gasteiger partial charge in [-0.25, -0.2) is 0 Å². The molecule has 4 amide bonds. The van der Waals surface area contributed by atoms with Crippen molar-refractivity contribution >= 4 is 29.3 Å². The van der Waals surface area contributed by atoms with Crippen molar-refractivity contribution in [2.24, 2.45) is 0 Å². The molecule has 0 aromatic heterocycles. The lowest BCUT2D eigenvalue weighted by molar-refractivity contribution is -0.136. The summed E-state index contributed by atoms with van der Waals surface area (Å²) in [7, 11) is 0. The molecule has 20 heavy (non-hydrogen) atoms. The number of hydrogen-bond acceptors (Lipinski definition) is 5. The Balaban J connectivity index is 2.14. The van der Waals surface area contributed by atoms with E-state index in [-0.39, 0.29) is 16.8 Å². The molecule has 0 radical (unpaired) electrons. The van der Waals surface area contributed by atoms with Crippen LogP contribution in [0, 0.1) is 0 Å². The Morgan fingerprint density at radius 2 is 2.00 bits per heavy atom. The number of amides is 4. The average molecular weight is 277 g/mol. The quantitative estimate of drug-likeness (QED) is 0.539. The molecule has 102 valence electrons. The van der Waals surface area contributed by atoms with Crippen molar-refractivity contribution in [2.45, 2.75) is 18.8 Å². The van der Waals surface area contributed by atoms with Gasteiger partial charge in [-0.1, -0.05) is 6.07 Å². The number of piperidine rings is 1. The number of imide groups is 2. The third kappa shape index (κ3) is 1.59. The minimum Gasteiger partial charge on any atom is -0.398 e. The van der Waals surface area contributed by atoms with Gasteiger partial charge in [-0.05, 0) is 18.5 Å². The minimum absolute atomic E-state index is 0.0239. The van der Waals surface area contributed by atoms with E-state index >= 15 is 0 Å². The molecule has 2 aliphatic rings. The van der Waals surface area contributed by atoms with Gasteiger partial charge in [-0.3, -0.25) is 29.4 Å². The number of rotatable bonds is 1. The maximum absolute atomic E-state index is 12.5. The van der Waals surface area contributed by atoms with Crippen LogP contribution in [0.15, 0.2) is 18.2 Å². The lowest BCUT2D eigenvalue weighted by atomic mass is 10.0. The molecule has 2 heterocycles. The Bertz CT molecular complexity index is 823. The van der Waals surface area contributed by atoms with Crippen LogP contribution in [0.5, 0.6) is 0 Å². The number of fused-ring (bicyclic) bond motifs is 1. The smallest absolute Gasteiger partial charge is 0.264 e. The van der Waals surface area contributed by atoms with Crippen LogP contribution in [0.1, 0.15) is 38.9 Å². The molecule has 0 unspecified atom stereocenters. The lowest BCUT2D eigenvalue weighted by Crippen LogP contribution is -2.54. The molecular weight excluding hydrogens is 262 g/mol. The van der Waals surface area contributed by atoms with Gasteiger partial charge in [0.1, 0.15) is 6.04 Å². The highest BCUT2D eigenvalue weighted by Crippen LogP contribution is 2.30. The second-order valence-corrected chi connectivity index (χ2v) is 4.24. The Labute approximate surface area is 119 Å². The number of anilines is 1. The molecule has 1 atom stereocenters. The number of hydrogen-bond donors (Lipinski definition) is 2. The number of nitrogen functional groups attached to an aromatic ring is 1. The summed E-state index contributed by atoms with van der Waals surface area (Å²) in [5.41, 5.74) is 5.36. The van der Waals surface area contributed by atoms with E-state index in [0.29, 0.717) is 4.90 Å². The summed E-state index contributed by atoms with van der Waals surface area (Å²) in [6.07, 6.45) is -6.24. The van der Waals surface area contributed by atoms with E-state index in [0.717, 1.165) is 0 Å². The van der Waals surface area contributed by atoms with E-state index < -0.39 is 42.4 Å². The van der Waals surface area contributed by atoms with Crippen LogP contribution in [0.3, 0.4) is 0 Å². The normalized spacial score (nSPS) is 30.0. The number of nitrogens with two attached hydrogens (primary N) is 1. The Morgan fingerprint density at radius 1 is 1.25 bits per heavy atom. The molecule has 7 nitrogen and oxygen atoms in total. The minimum atomic E-state index is -3.12. The number of nitrogens with zero attached hydrogens (tertiary/aromatic N) is 1. The van der Waals surface area contributed by atoms with Crippen molar-refractivity contribution in [2.75, 3.05) is 5.73 Å². The van der Waals surface area contributed by atoms with Crippen LogP contribution >= 0.6 is 0 Å². The van der Waals surface area contributed by atoms with Gasteiger partial charge >= 0.3 is 0 Å². The van der Waals surface area contributed by atoms with Crippen LogP contribution in [0.4, 0.5) is 5.69 Å². The second kappa shape index (κ2) is 4.16. The third-order valence-electron chi connectivity index (χ3n) is 3.04. The van der Waals surface area contributed by atoms with Crippen molar-refractivity contribution in [3.63, 3.8) is 0 Å². The summed E-state index contributed by atoms with van der Waals surface area (Å²) in [5, 5.41) is 1.66. The molecule has 0 aliphatic carbocycles. The molecule has 3 rings (SSSR count). The molecule has 1 aromatic carbocycles. The van der Waals surface area contributed by atoms with Gasteiger partial charge in [0.15, 0.2) is 0 Å². The zero-order chi connectivity index (χ0) is 18.0. The van der Waals surface area contributed by atoms with Crippen molar-refractivity contribution in [1.29, 1.82) is 0 Å². The van der Waals surface area contributed by atoms with Crippen LogP contribution < -0.4 is 11.1 Å². The fourth-order valence-corrected chi connectivity index (χ4v) is 2.16. The zero-order valence-corrected chi connectivity index (χ0v) is 9.97. The predicted molar refractivity (Wildman–Crippen MR) is 67.5 cm³/mol. The van der Waals surface area contributed by atoms with E-state index in [4.69, 9.17) is 11.2 Å². The van der Waals surface area contributed by atoms with Crippen molar-refractivity contribution in [1.82, 2.24) is 10.2 Å². The van der Waals surface area contributed by atoms with Crippen molar-refractivity contribution in [3.8, 4) is 0 Å². The SMILES string of the molecule is [2H]C1([2H])C(=O)NC(=O)[C@H](N2C(=O)c3cccc(N)c3C2=O)C1([2H])[2H]. The summed E-state index contributed by atoms with van der Waals surface area (Å²) in [5.74, 6) is -4.73. The monoisotopic (exact) mass is 277 g/mol. The first-order valence-corrected chi connectivity index (χ1v) is 5.63. The van der Waals surface area contributed by atoms with Gasteiger partial charge in [-0.2, -0.15) is 0 Å². The Kier molecular flexibility index (Phi) is 1.76. The van der Waals surface area contributed by atoms with E-state index in [1.807, 2.05) is 0 Å². The molecule has 7 heteroatoms. The summed E-state index contributed by atoms with van der Waals surface area (Å²) in [6, 6.07) is 1.94. The van der Waals surface area contributed by atoms with Gasteiger partial charge in [0.05, 0.1) is 11.1 Å². The van der Waals surface area contributed by atoms with Crippen molar-refractivity contribution in [3.05, 3.63) is 29.3 Å². The maximum atomic E-state index is 12.5. The first-order chi connectivity index (χ1) is 11.0. The molecule has 1 saturated heterocycles. The van der Waals surface area contributed by atoms with E-state index in [1.54, 1.807) is 5.32 Å². The highest BCUT2D eigenvalue weighted by molar-refractivity contribution is 6.25. The van der Waals surface area contributed by atoms with E-state index in [1.165, 1.54) is 18.2 Å². The molecule has 0 saturated carbocycles. The second-order valence-electron chi connectivity index (χ2n) is 4.24. The number of nitrogens with one attached hydrogen (secondary N) is 1. The molecular formula is C13H11N3O4. The molecule has 0 spiro atoms. The lowest BCUT2D eigenvalue weighted by Gasteiger charge is -2.27. The highest BCUT2D eigenvalue weighted by Gasteiger charge is 2.45. The van der Waals surface area contributed by atoms with Gasteiger partial charge in [0.25, 0.3) is 11.8 Å². The summed E-state index contributed by atoms with van der Waals surface area (Å²) in [6.45, 7) is 0. The maximum Gasteiger partial charge on any atom is 0.264 e. The number of benzene rings is 1. The van der Waals surface area contributed by atoms with Gasteiger partial charge in [0.2, 0.25) is 11.8 Å². The first kappa shape index (κ1) is 8.47. The third-order valence-corrected chi connectivity index (χ3v) is 3.04. The largest absolute Gasteiger partial charge is 0.398 e. The summed E-state index contributed by atoms with van der Waals surface area (Å²) < 4.78 is 31.0. The van der Waals surface area contributed by atoms with Crippen LogP contribution in [0.25, 0.3) is 0 Å². The fraction of sp³-hybridized carbons (Fsp3) is 0.231. The molecule has 1 fully saturated rings. The van der Waals surface area contributed by atoms with E-state index in [2.05, 4.69) is 0 Å². The summed E-state index contributed by atoms with van der Waals surface area (Å²) >= 11 is 0. The van der Waals surface area contributed by atoms with Gasteiger partial charge < -0.3 is 5.73 Å². The first-order valence-electron chi connectivity index (χ1n) is 7.63. The van der Waals surface area contributed by atoms with Crippen molar-refractivity contribution < 1.29 is 24.7 Å². The van der Waals surface area contributed by atoms with Crippen LogP contribution in [-0.4, -0.2) is 34.6 Å². The summed E-state index contributed by atoms with van der Waals surface area (Å²) in [4.78, 5) is 49.0. The Morgan fingerprint density at radius 3 is 2.70 bits per heavy atom.